The highest BCUT2D eigenvalue weighted by molar-refractivity contribution is 4.77. The summed E-state index contributed by atoms with van der Waals surface area (Å²) in [7, 11) is 0. The molecular formula is C13H27NO. The van der Waals surface area contributed by atoms with Crippen LogP contribution >= 0.6 is 0 Å². The van der Waals surface area contributed by atoms with Crippen LogP contribution in [0.25, 0.3) is 0 Å². The zero-order valence-corrected chi connectivity index (χ0v) is 10.9. The number of nitrogens with zero attached hydrogens (tertiary/aromatic N) is 1. The Hall–Kier alpha value is -0.0800. The van der Waals surface area contributed by atoms with Gasteiger partial charge in [-0.15, -0.1) is 0 Å². The smallest absolute Gasteiger partial charge is 0.0600 e. The van der Waals surface area contributed by atoms with Crippen molar-refractivity contribution >= 4 is 0 Å². The van der Waals surface area contributed by atoms with Crippen LogP contribution in [-0.4, -0.2) is 36.7 Å². The molecule has 1 fully saturated rings. The Balaban J connectivity index is 2.12. The maximum absolute atomic E-state index is 5.77. The molecule has 0 aliphatic heterocycles. The maximum atomic E-state index is 5.77. The minimum Gasteiger partial charge on any atom is -0.375 e. The predicted octanol–water partition coefficient (Wildman–Crippen LogP) is 2.92. The highest BCUT2D eigenvalue weighted by Gasteiger charge is 2.23. The van der Waals surface area contributed by atoms with Gasteiger partial charge in [0.25, 0.3) is 0 Å². The van der Waals surface area contributed by atoms with E-state index in [4.69, 9.17) is 4.74 Å². The molecule has 0 radical (unpaired) electrons. The minimum atomic E-state index is 0.0114. The average Bonchev–Trinajstić information content (AvgIpc) is 2.86. The Morgan fingerprint density at radius 3 is 2.33 bits per heavy atom. The first-order chi connectivity index (χ1) is 7.01. The second kappa shape index (κ2) is 5.86. The molecule has 1 rings (SSSR count). The molecule has 0 unspecified atom stereocenters. The first-order valence-corrected chi connectivity index (χ1v) is 6.37. The van der Waals surface area contributed by atoms with Crippen LogP contribution in [0.5, 0.6) is 0 Å². The normalized spacial score (nSPS) is 17.4. The van der Waals surface area contributed by atoms with E-state index in [0.29, 0.717) is 0 Å². The van der Waals surface area contributed by atoms with Crippen molar-refractivity contribution in [2.75, 3.05) is 26.2 Å². The second-order valence-electron chi connectivity index (χ2n) is 5.70. The van der Waals surface area contributed by atoms with Crippen LogP contribution in [0.4, 0.5) is 0 Å². The van der Waals surface area contributed by atoms with Crippen LogP contribution in [0.2, 0.25) is 0 Å². The monoisotopic (exact) mass is 213 g/mol. The Morgan fingerprint density at radius 1 is 1.20 bits per heavy atom. The fourth-order valence-electron chi connectivity index (χ4n) is 1.76. The largest absolute Gasteiger partial charge is 0.375 e. The minimum absolute atomic E-state index is 0.0114. The summed E-state index contributed by atoms with van der Waals surface area (Å²) in [5, 5.41) is 0. The molecule has 2 nitrogen and oxygen atoms in total. The number of hydrogen-bond donors (Lipinski definition) is 0. The topological polar surface area (TPSA) is 12.5 Å². The lowest BCUT2D eigenvalue weighted by molar-refractivity contribution is -0.0134. The van der Waals surface area contributed by atoms with Crippen molar-refractivity contribution < 1.29 is 4.74 Å². The van der Waals surface area contributed by atoms with E-state index in [1.807, 2.05) is 0 Å². The first-order valence-electron chi connectivity index (χ1n) is 6.37. The van der Waals surface area contributed by atoms with Gasteiger partial charge in [0.15, 0.2) is 0 Å². The van der Waals surface area contributed by atoms with Crippen LogP contribution in [0.3, 0.4) is 0 Å². The molecule has 15 heavy (non-hydrogen) atoms. The summed E-state index contributed by atoms with van der Waals surface area (Å²) < 4.78 is 5.77. The van der Waals surface area contributed by atoms with Crippen molar-refractivity contribution in [3.05, 3.63) is 0 Å². The van der Waals surface area contributed by atoms with Crippen LogP contribution in [0, 0.1) is 5.92 Å². The third kappa shape index (κ3) is 6.91. The summed E-state index contributed by atoms with van der Waals surface area (Å²) in [4.78, 5) is 2.56. The Kier molecular flexibility index (Phi) is 5.07. The van der Waals surface area contributed by atoms with Gasteiger partial charge in [-0.1, -0.05) is 6.92 Å². The molecule has 1 aliphatic carbocycles. The summed E-state index contributed by atoms with van der Waals surface area (Å²) in [6, 6.07) is 0. The molecule has 0 spiro atoms. The summed E-state index contributed by atoms with van der Waals surface area (Å²) in [5.41, 5.74) is 0.0114. The van der Waals surface area contributed by atoms with E-state index in [0.717, 1.165) is 19.1 Å². The average molecular weight is 213 g/mol. The molecule has 0 saturated heterocycles. The number of ether oxygens (including phenoxy) is 1. The van der Waals surface area contributed by atoms with Gasteiger partial charge in [0, 0.05) is 13.1 Å². The predicted molar refractivity (Wildman–Crippen MR) is 65.2 cm³/mol. The lowest BCUT2D eigenvalue weighted by atomic mass is 10.2. The summed E-state index contributed by atoms with van der Waals surface area (Å²) in [5.74, 6) is 0.992. The number of rotatable bonds is 7. The molecule has 0 aromatic carbocycles. The summed E-state index contributed by atoms with van der Waals surface area (Å²) >= 11 is 0. The van der Waals surface area contributed by atoms with Gasteiger partial charge in [-0.05, 0) is 52.5 Å². The molecule has 0 heterocycles. The van der Waals surface area contributed by atoms with E-state index in [2.05, 4.69) is 32.6 Å². The van der Waals surface area contributed by atoms with Crippen LogP contribution in [0.15, 0.2) is 0 Å². The number of hydrogen-bond acceptors (Lipinski definition) is 2. The van der Waals surface area contributed by atoms with E-state index < -0.39 is 0 Å². The van der Waals surface area contributed by atoms with Crippen molar-refractivity contribution in [1.82, 2.24) is 4.90 Å². The second-order valence-corrected chi connectivity index (χ2v) is 5.70. The molecule has 0 bridgehead atoms. The summed E-state index contributed by atoms with van der Waals surface area (Å²) in [6.07, 6.45) is 4.14. The lowest BCUT2D eigenvalue weighted by Crippen LogP contribution is -2.33. The van der Waals surface area contributed by atoms with Crippen molar-refractivity contribution in [2.45, 2.75) is 52.6 Å². The van der Waals surface area contributed by atoms with Gasteiger partial charge < -0.3 is 9.64 Å². The van der Waals surface area contributed by atoms with Gasteiger partial charge in [0.2, 0.25) is 0 Å². The quantitative estimate of drug-likeness (QED) is 0.645. The Morgan fingerprint density at radius 2 is 1.87 bits per heavy atom. The van der Waals surface area contributed by atoms with E-state index in [1.165, 1.54) is 32.4 Å². The molecule has 1 aliphatic rings. The summed E-state index contributed by atoms with van der Waals surface area (Å²) in [6.45, 7) is 13.1. The van der Waals surface area contributed by atoms with E-state index >= 15 is 0 Å². The molecular weight excluding hydrogens is 186 g/mol. The van der Waals surface area contributed by atoms with Gasteiger partial charge in [-0.2, -0.15) is 0 Å². The molecule has 0 atom stereocenters. The van der Waals surface area contributed by atoms with Gasteiger partial charge in [-0.3, -0.25) is 0 Å². The van der Waals surface area contributed by atoms with Crippen LogP contribution < -0.4 is 0 Å². The van der Waals surface area contributed by atoms with E-state index in [1.54, 1.807) is 0 Å². The van der Waals surface area contributed by atoms with Gasteiger partial charge in [-0.25, -0.2) is 0 Å². The zero-order chi connectivity index (χ0) is 11.3. The van der Waals surface area contributed by atoms with Crippen LogP contribution in [-0.2, 0) is 4.74 Å². The first kappa shape index (κ1) is 13.0. The maximum Gasteiger partial charge on any atom is 0.0600 e. The fourth-order valence-corrected chi connectivity index (χ4v) is 1.76. The fraction of sp³-hybridized carbons (Fsp3) is 1.00. The van der Waals surface area contributed by atoms with E-state index in [9.17, 15) is 0 Å². The molecule has 0 N–H and O–H groups in total. The molecule has 0 aromatic rings. The lowest BCUT2D eigenvalue weighted by Gasteiger charge is -2.25. The van der Waals surface area contributed by atoms with Gasteiger partial charge >= 0.3 is 0 Å². The molecule has 0 amide bonds. The SMILES string of the molecule is CCCN(CCOC(C)(C)C)CC1CC1. The van der Waals surface area contributed by atoms with E-state index in [-0.39, 0.29) is 5.60 Å². The van der Waals surface area contributed by atoms with Gasteiger partial charge in [0.05, 0.1) is 12.2 Å². The Labute approximate surface area is 95.0 Å². The third-order valence-corrected chi connectivity index (χ3v) is 2.70. The molecule has 1 saturated carbocycles. The highest BCUT2D eigenvalue weighted by atomic mass is 16.5. The van der Waals surface area contributed by atoms with Crippen molar-refractivity contribution in [3.8, 4) is 0 Å². The van der Waals surface area contributed by atoms with Crippen molar-refractivity contribution in [1.29, 1.82) is 0 Å². The molecule has 0 aromatic heterocycles. The highest BCUT2D eigenvalue weighted by Crippen LogP contribution is 2.29. The standard InChI is InChI=1S/C13H27NO/c1-5-8-14(11-12-6-7-12)9-10-15-13(2,3)4/h12H,5-11H2,1-4H3. The van der Waals surface area contributed by atoms with Crippen molar-refractivity contribution in [3.63, 3.8) is 0 Å². The van der Waals surface area contributed by atoms with Crippen molar-refractivity contribution in [2.24, 2.45) is 5.92 Å². The molecule has 90 valence electrons. The van der Waals surface area contributed by atoms with Gasteiger partial charge in [0.1, 0.15) is 0 Å². The zero-order valence-electron chi connectivity index (χ0n) is 10.9. The third-order valence-electron chi connectivity index (χ3n) is 2.70. The Bertz CT molecular complexity index is 170. The molecule has 2 heteroatoms. The van der Waals surface area contributed by atoms with Crippen LogP contribution in [0.1, 0.15) is 47.0 Å².